The summed E-state index contributed by atoms with van der Waals surface area (Å²) in [6.45, 7) is 5.30. The first-order valence-electron chi connectivity index (χ1n) is 7.86. The van der Waals surface area contributed by atoms with Crippen LogP contribution in [0.4, 0.5) is 0 Å². The summed E-state index contributed by atoms with van der Waals surface area (Å²) in [5.41, 5.74) is -0.665. The van der Waals surface area contributed by atoms with Crippen LogP contribution in [-0.4, -0.2) is 58.6 Å². The zero-order valence-electron chi connectivity index (χ0n) is 14.0. The van der Waals surface area contributed by atoms with Gasteiger partial charge in [0.15, 0.2) is 0 Å². The molecule has 0 bridgehead atoms. The number of aromatic nitrogens is 2. The monoisotopic (exact) mass is 306 g/mol. The number of hydrogen-bond acceptors (Lipinski definition) is 3. The number of carbonyl (C=O) groups excluding carboxylic acids is 2. The molecule has 1 aromatic rings. The fourth-order valence-electron chi connectivity index (χ4n) is 3.08. The summed E-state index contributed by atoms with van der Waals surface area (Å²) in [6, 6.07) is 1.83. The Morgan fingerprint density at radius 3 is 2.36 bits per heavy atom. The molecule has 2 amide bonds. The minimum absolute atomic E-state index is 0.0483. The molecule has 0 atom stereocenters. The highest BCUT2D eigenvalue weighted by atomic mass is 16.2. The van der Waals surface area contributed by atoms with E-state index in [0.29, 0.717) is 38.3 Å². The maximum absolute atomic E-state index is 12.7. The summed E-state index contributed by atoms with van der Waals surface area (Å²) < 4.78 is 1.76. The van der Waals surface area contributed by atoms with E-state index in [9.17, 15) is 9.59 Å². The summed E-state index contributed by atoms with van der Waals surface area (Å²) in [5.74, 6) is 0.585. The molecule has 0 spiro atoms. The topological polar surface area (TPSA) is 58.4 Å². The van der Waals surface area contributed by atoms with Gasteiger partial charge >= 0.3 is 0 Å². The Bertz CT molecular complexity index is 514. The zero-order chi connectivity index (χ0) is 16.3. The lowest BCUT2D eigenvalue weighted by Crippen LogP contribution is -2.55. The lowest BCUT2D eigenvalue weighted by molar-refractivity contribution is -0.145. The number of likely N-dealkylation sites (tertiary alicyclic amines) is 1. The Morgan fingerprint density at radius 1 is 1.27 bits per heavy atom. The van der Waals surface area contributed by atoms with Crippen molar-refractivity contribution in [1.29, 1.82) is 0 Å². The normalized spacial score (nSPS) is 17.6. The molecule has 0 radical (unpaired) electrons. The van der Waals surface area contributed by atoms with Crippen molar-refractivity contribution in [2.75, 3.05) is 27.2 Å². The van der Waals surface area contributed by atoms with Crippen LogP contribution in [-0.2, 0) is 15.1 Å². The summed E-state index contributed by atoms with van der Waals surface area (Å²) >= 11 is 0. The van der Waals surface area contributed by atoms with Gasteiger partial charge in [0.1, 0.15) is 5.54 Å². The van der Waals surface area contributed by atoms with Crippen molar-refractivity contribution >= 4 is 11.8 Å². The minimum atomic E-state index is -0.665. The van der Waals surface area contributed by atoms with Crippen LogP contribution in [0.2, 0.25) is 0 Å². The van der Waals surface area contributed by atoms with Crippen LogP contribution in [0.15, 0.2) is 18.5 Å². The number of piperidine rings is 1. The van der Waals surface area contributed by atoms with Crippen LogP contribution in [0.3, 0.4) is 0 Å². The fourth-order valence-corrected chi connectivity index (χ4v) is 3.08. The van der Waals surface area contributed by atoms with Crippen molar-refractivity contribution in [2.45, 2.75) is 38.6 Å². The largest absolute Gasteiger partial charge is 0.347 e. The van der Waals surface area contributed by atoms with E-state index in [1.54, 1.807) is 29.9 Å². The molecule has 2 heterocycles. The van der Waals surface area contributed by atoms with Crippen LogP contribution >= 0.6 is 0 Å². The molecule has 1 aliphatic rings. The van der Waals surface area contributed by atoms with Crippen LogP contribution in [0.1, 0.15) is 33.1 Å². The van der Waals surface area contributed by atoms with Crippen molar-refractivity contribution in [3.63, 3.8) is 0 Å². The van der Waals surface area contributed by atoms with E-state index < -0.39 is 5.54 Å². The van der Waals surface area contributed by atoms with Crippen molar-refractivity contribution in [2.24, 2.45) is 5.92 Å². The molecule has 0 N–H and O–H groups in total. The van der Waals surface area contributed by atoms with Gasteiger partial charge in [-0.1, -0.05) is 13.8 Å². The van der Waals surface area contributed by atoms with Crippen molar-refractivity contribution in [3.05, 3.63) is 18.5 Å². The van der Waals surface area contributed by atoms with Crippen molar-refractivity contribution < 1.29 is 9.59 Å². The molecule has 1 saturated heterocycles. The van der Waals surface area contributed by atoms with Crippen LogP contribution < -0.4 is 0 Å². The van der Waals surface area contributed by atoms with Crippen LogP contribution in [0.5, 0.6) is 0 Å². The Hall–Kier alpha value is -1.85. The van der Waals surface area contributed by atoms with Gasteiger partial charge in [-0.05, 0) is 24.8 Å². The Kier molecular flexibility index (Phi) is 4.88. The Labute approximate surface area is 132 Å². The first kappa shape index (κ1) is 16.5. The van der Waals surface area contributed by atoms with Gasteiger partial charge in [-0.3, -0.25) is 14.3 Å². The van der Waals surface area contributed by atoms with E-state index in [1.807, 2.05) is 31.0 Å². The van der Waals surface area contributed by atoms with E-state index in [1.165, 1.54) is 0 Å². The van der Waals surface area contributed by atoms with Gasteiger partial charge in [-0.2, -0.15) is 5.10 Å². The summed E-state index contributed by atoms with van der Waals surface area (Å²) in [7, 11) is 3.54. The number of rotatable bonds is 4. The van der Waals surface area contributed by atoms with Gasteiger partial charge < -0.3 is 9.80 Å². The predicted molar refractivity (Wildman–Crippen MR) is 84.2 cm³/mol. The van der Waals surface area contributed by atoms with E-state index >= 15 is 0 Å². The number of carbonyl (C=O) groups is 2. The third-order valence-corrected chi connectivity index (χ3v) is 4.27. The lowest BCUT2D eigenvalue weighted by atomic mass is 9.86. The third-order valence-electron chi connectivity index (χ3n) is 4.27. The van der Waals surface area contributed by atoms with Crippen LogP contribution in [0.25, 0.3) is 0 Å². The summed E-state index contributed by atoms with van der Waals surface area (Å²) in [5, 5.41) is 4.30. The highest BCUT2D eigenvalue weighted by molar-refractivity contribution is 5.85. The molecular formula is C16H26N4O2. The van der Waals surface area contributed by atoms with Crippen LogP contribution in [0, 0.1) is 5.92 Å². The first-order chi connectivity index (χ1) is 10.4. The molecular weight excluding hydrogens is 280 g/mol. The van der Waals surface area contributed by atoms with Gasteiger partial charge in [-0.25, -0.2) is 0 Å². The molecule has 0 saturated carbocycles. The quantitative estimate of drug-likeness (QED) is 0.843. The highest BCUT2D eigenvalue weighted by Crippen LogP contribution is 2.31. The van der Waals surface area contributed by atoms with E-state index in [-0.39, 0.29) is 11.8 Å². The van der Waals surface area contributed by atoms with Crippen molar-refractivity contribution in [3.8, 4) is 0 Å². The standard InChI is InChI=1S/C16H26N4O2/c1-13(2)12-14(21)19-10-6-16(7-11-19,15(22)18(3)4)20-9-5-8-17-20/h5,8-9,13H,6-7,10-12H2,1-4H3. The van der Waals surface area contributed by atoms with Gasteiger partial charge in [0, 0.05) is 46.0 Å². The maximum Gasteiger partial charge on any atom is 0.250 e. The van der Waals surface area contributed by atoms with Gasteiger partial charge in [0.2, 0.25) is 11.8 Å². The average Bonchev–Trinajstić information content (AvgIpc) is 3.00. The second kappa shape index (κ2) is 6.50. The fraction of sp³-hybridized carbons (Fsp3) is 0.688. The first-order valence-corrected chi connectivity index (χ1v) is 7.86. The minimum Gasteiger partial charge on any atom is -0.347 e. The lowest BCUT2D eigenvalue weighted by Gasteiger charge is -2.42. The molecule has 22 heavy (non-hydrogen) atoms. The number of likely N-dealkylation sites (N-methyl/N-ethyl adjacent to an activating group) is 1. The highest BCUT2D eigenvalue weighted by Gasteiger charge is 2.45. The molecule has 0 aromatic carbocycles. The molecule has 1 fully saturated rings. The molecule has 6 nitrogen and oxygen atoms in total. The summed E-state index contributed by atoms with van der Waals surface area (Å²) in [4.78, 5) is 28.5. The molecule has 122 valence electrons. The summed E-state index contributed by atoms with van der Waals surface area (Å²) in [6.07, 6.45) is 5.31. The number of hydrogen-bond donors (Lipinski definition) is 0. The SMILES string of the molecule is CC(C)CC(=O)N1CCC(C(=O)N(C)C)(n2cccn2)CC1. The van der Waals surface area contributed by atoms with Gasteiger partial charge in [0.25, 0.3) is 0 Å². The number of nitrogens with zero attached hydrogens (tertiary/aromatic N) is 4. The molecule has 6 heteroatoms. The second-order valence-electron chi connectivity index (χ2n) is 6.66. The molecule has 1 aromatic heterocycles. The molecule has 2 rings (SSSR count). The molecule has 0 unspecified atom stereocenters. The van der Waals surface area contributed by atoms with Crippen molar-refractivity contribution in [1.82, 2.24) is 19.6 Å². The average molecular weight is 306 g/mol. The molecule has 1 aliphatic heterocycles. The van der Waals surface area contributed by atoms with E-state index in [4.69, 9.17) is 0 Å². The maximum atomic E-state index is 12.7. The van der Waals surface area contributed by atoms with Gasteiger partial charge in [-0.15, -0.1) is 0 Å². The Morgan fingerprint density at radius 2 is 1.91 bits per heavy atom. The second-order valence-corrected chi connectivity index (χ2v) is 6.66. The predicted octanol–water partition coefficient (Wildman–Crippen LogP) is 1.34. The van der Waals surface area contributed by atoms with E-state index in [2.05, 4.69) is 5.10 Å². The van der Waals surface area contributed by atoms with Gasteiger partial charge in [0.05, 0.1) is 0 Å². The molecule has 0 aliphatic carbocycles. The smallest absolute Gasteiger partial charge is 0.250 e. The zero-order valence-corrected chi connectivity index (χ0v) is 14.0. The van der Waals surface area contributed by atoms with E-state index in [0.717, 1.165) is 0 Å². The Balaban J connectivity index is 2.16. The number of amides is 2. The third kappa shape index (κ3) is 3.15.